The highest BCUT2D eigenvalue weighted by molar-refractivity contribution is 7.11. The van der Waals surface area contributed by atoms with Crippen molar-refractivity contribution in [2.45, 2.75) is 6.42 Å². The van der Waals surface area contributed by atoms with E-state index in [0.717, 1.165) is 24.4 Å². The fourth-order valence-electron chi connectivity index (χ4n) is 1.59. The summed E-state index contributed by atoms with van der Waals surface area (Å²) < 4.78 is 5.59. The van der Waals surface area contributed by atoms with Crippen LogP contribution in [-0.4, -0.2) is 6.61 Å². The minimum absolute atomic E-state index is 0.725. The maximum Gasteiger partial charge on any atom is 0.127 e. The second-order valence-corrected chi connectivity index (χ2v) is 3.98. The third-order valence-corrected chi connectivity index (χ3v) is 3.27. The summed E-state index contributed by atoms with van der Waals surface area (Å²) >= 11 is 1.73. The van der Waals surface area contributed by atoms with E-state index in [0.29, 0.717) is 0 Å². The van der Waals surface area contributed by atoms with E-state index in [1.54, 1.807) is 17.4 Å². The lowest BCUT2D eigenvalue weighted by Gasteiger charge is -2.05. The van der Waals surface area contributed by atoms with Crippen molar-refractivity contribution in [3.63, 3.8) is 0 Å². The van der Waals surface area contributed by atoms with Gasteiger partial charge in [0.05, 0.1) is 6.61 Å². The zero-order valence-electron chi connectivity index (χ0n) is 7.95. The normalized spacial score (nSPS) is 15.4. The van der Waals surface area contributed by atoms with Gasteiger partial charge in [-0.05, 0) is 23.1 Å². The van der Waals surface area contributed by atoms with Gasteiger partial charge in [0, 0.05) is 16.9 Å². The van der Waals surface area contributed by atoms with Crippen LogP contribution in [0, 0.1) is 0 Å². The highest BCUT2D eigenvalue weighted by Gasteiger charge is 2.15. The van der Waals surface area contributed by atoms with Crippen LogP contribution in [0.2, 0.25) is 0 Å². The number of hydrogen-bond donors (Lipinski definition) is 0. The van der Waals surface area contributed by atoms with Crippen LogP contribution in [-0.2, 0) is 11.2 Å². The van der Waals surface area contributed by atoms with Gasteiger partial charge in [0.1, 0.15) is 5.76 Å². The molecule has 2 heterocycles. The molecule has 0 fully saturated rings. The summed E-state index contributed by atoms with van der Waals surface area (Å²) in [5.74, 6) is 0.848. The number of allylic oxidation sites excluding steroid dienone is 3. The van der Waals surface area contributed by atoms with Gasteiger partial charge < -0.3 is 4.74 Å². The Kier molecular flexibility index (Phi) is 2.55. The molecule has 0 saturated heterocycles. The van der Waals surface area contributed by atoms with E-state index in [4.69, 9.17) is 4.74 Å². The van der Waals surface area contributed by atoms with Crippen molar-refractivity contribution in [2.24, 2.45) is 0 Å². The van der Waals surface area contributed by atoms with Crippen LogP contribution in [0.1, 0.15) is 10.4 Å². The molecule has 2 rings (SSSR count). The van der Waals surface area contributed by atoms with Crippen LogP contribution in [0.5, 0.6) is 0 Å². The van der Waals surface area contributed by atoms with Gasteiger partial charge in [-0.3, -0.25) is 0 Å². The Morgan fingerprint density at radius 2 is 2.21 bits per heavy atom. The molecule has 1 aromatic heterocycles. The number of ether oxygens (including phenoxy) is 1. The largest absolute Gasteiger partial charge is 0.493 e. The van der Waals surface area contributed by atoms with Gasteiger partial charge in [-0.2, -0.15) is 0 Å². The molecule has 0 aliphatic carbocycles. The van der Waals surface area contributed by atoms with E-state index < -0.39 is 0 Å². The van der Waals surface area contributed by atoms with Gasteiger partial charge in [-0.15, -0.1) is 11.3 Å². The first-order chi connectivity index (χ1) is 6.86. The first kappa shape index (κ1) is 9.28. The lowest BCUT2D eigenvalue weighted by atomic mass is 10.1. The maximum absolute atomic E-state index is 5.59. The van der Waals surface area contributed by atoms with Gasteiger partial charge >= 0.3 is 0 Å². The topological polar surface area (TPSA) is 9.23 Å². The lowest BCUT2D eigenvalue weighted by Crippen LogP contribution is -1.93. The lowest BCUT2D eigenvalue weighted by molar-refractivity contribution is 0.233. The SMILES string of the molecule is C=CC1=C(C=C)c2sccc2CCO1. The highest BCUT2D eigenvalue weighted by atomic mass is 32.1. The Morgan fingerprint density at radius 1 is 1.36 bits per heavy atom. The fraction of sp³-hybridized carbons (Fsp3) is 0.167. The van der Waals surface area contributed by atoms with Crippen LogP contribution in [0.25, 0.3) is 5.57 Å². The van der Waals surface area contributed by atoms with Crippen molar-refractivity contribution in [1.82, 2.24) is 0 Å². The first-order valence-electron chi connectivity index (χ1n) is 4.55. The van der Waals surface area contributed by atoms with Crippen LogP contribution < -0.4 is 0 Å². The zero-order valence-corrected chi connectivity index (χ0v) is 8.77. The Labute approximate surface area is 88.0 Å². The summed E-state index contributed by atoms with van der Waals surface area (Å²) in [7, 11) is 0. The average Bonchev–Trinajstić information content (AvgIpc) is 2.59. The Balaban J connectivity index is 2.59. The quantitative estimate of drug-likeness (QED) is 0.717. The van der Waals surface area contributed by atoms with E-state index in [-0.39, 0.29) is 0 Å². The fourth-order valence-corrected chi connectivity index (χ4v) is 2.59. The van der Waals surface area contributed by atoms with Crippen molar-refractivity contribution < 1.29 is 4.74 Å². The highest BCUT2D eigenvalue weighted by Crippen LogP contribution is 2.32. The summed E-state index contributed by atoms with van der Waals surface area (Å²) in [6.45, 7) is 8.30. The van der Waals surface area contributed by atoms with Crippen LogP contribution in [0.15, 0.2) is 42.5 Å². The molecule has 0 saturated carbocycles. The van der Waals surface area contributed by atoms with Gasteiger partial charge in [-0.1, -0.05) is 19.2 Å². The number of thiophene rings is 1. The third-order valence-electron chi connectivity index (χ3n) is 2.28. The number of hydrogen-bond acceptors (Lipinski definition) is 2. The molecule has 1 aliphatic heterocycles. The third kappa shape index (κ3) is 1.42. The molecule has 0 aromatic carbocycles. The predicted molar refractivity (Wildman–Crippen MR) is 61.3 cm³/mol. The summed E-state index contributed by atoms with van der Waals surface area (Å²) in [4.78, 5) is 1.27. The predicted octanol–water partition coefficient (Wildman–Crippen LogP) is 3.40. The van der Waals surface area contributed by atoms with E-state index in [1.807, 2.05) is 6.08 Å². The van der Waals surface area contributed by atoms with Crippen LogP contribution in [0.4, 0.5) is 0 Å². The van der Waals surface area contributed by atoms with Gasteiger partial charge in [0.25, 0.3) is 0 Å². The van der Waals surface area contributed by atoms with E-state index in [2.05, 4.69) is 24.6 Å². The summed E-state index contributed by atoms with van der Waals surface area (Å²) in [5, 5.41) is 2.11. The van der Waals surface area contributed by atoms with Crippen molar-refractivity contribution in [3.05, 3.63) is 53.0 Å². The van der Waals surface area contributed by atoms with Crippen molar-refractivity contribution >= 4 is 16.9 Å². The number of rotatable bonds is 2. The molecule has 0 radical (unpaired) electrons. The smallest absolute Gasteiger partial charge is 0.127 e. The van der Waals surface area contributed by atoms with Crippen LogP contribution in [0.3, 0.4) is 0 Å². The molecule has 1 nitrogen and oxygen atoms in total. The molecule has 0 bridgehead atoms. The molecule has 72 valence electrons. The molecule has 0 N–H and O–H groups in total. The molecule has 0 unspecified atom stereocenters. The van der Waals surface area contributed by atoms with Crippen molar-refractivity contribution in [2.75, 3.05) is 6.61 Å². The minimum atomic E-state index is 0.725. The Morgan fingerprint density at radius 3 is 2.93 bits per heavy atom. The van der Waals surface area contributed by atoms with E-state index in [1.165, 1.54) is 10.4 Å². The second kappa shape index (κ2) is 3.84. The van der Waals surface area contributed by atoms with E-state index in [9.17, 15) is 0 Å². The van der Waals surface area contributed by atoms with Gasteiger partial charge in [0.15, 0.2) is 0 Å². The molecule has 0 spiro atoms. The van der Waals surface area contributed by atoms with Gasteiger partial charge in [-0.25, -0.2) is 0 Å². The Hall–Kier alpha value is -1.28. The number of fused-ring (bicyclic) bond motifs is 1. The molecule has 1 aliphatic rings. The molecule has 2 heteroatoms. The minimum Gasteiger partial charge on any atom is -0.493 e. The van der Waals surface area contributed by atoms with Crippen molar-refractivity contribution in [1.29, 1.82) is 0 Å². The maximum atomic E-state index is 5.59. The average molecular weight is 204 g/mol. The molecular weight excluding hydrogens is 192 g/mol. The summed E-state index contributed by atoms with van der Waals surface area (Å²) in [6, 6.07) is 2.15. The van der Waals surface area contributed by atoms with Crippen LogP contribution >= 0.6 is 11.3 Å². The second-order valence-electron chi connectivity index (χ2n) is 3.06. The Bertz CT molecular complexity index is 398. The molecule has 14 heavy (non-hydrogen) atoms. The monoisotopic (exact) mass is 204 g/mol. The summed E-state index contributed by atoms with van der Waals surface area (Å²) in [5.41, 5.74) is 2.42. The van der Waals surface area contributed by atoms with Gasteiger partial charge in [0.2, 0.25) is 0 Å². The molecular formula is C12H12OS. The van der Waals surface area contributed by atoms with Crippen molar-refractivity contribution in [3.8, 4) is 0 Å². The first-order valence-corrected chi connectivity index (χ1v) is 5.43. The zero-order chi connectivity index (χ0) is 9.97. The molecule has 0 amide bonds. The summed E-state index contributed by atoms with van der Waals surface area (Å²) in [6.07, 6.45) is 4.57. The molecule has 0 atom stereocenters. The standard InChI is InChI=1S/C12H12OS/c1-3-10-11(4-2)13-7-5-9-6-8-14-12(9)10/h3-4,6,8H,1-2,5,7H2. The molecule has 1 aromatic rings. The van der Waals surface area contributed by atoms with E-state index >= 15 is 0 Å².